The third-order valence-electron chi connectivity index (χ3n) is 2.64. The third kappa shape index (κ3) is 5.94. The van der Waals surface area contributed by atoms with Gasteiger partial charge in [0.05, 0.1) is 0 Å². The molecule has 102 valence electrons. The van der Waals surface area contributed by atoms with Crippen molar-refractivity contribution in [1.29, 1.82) is 0 Å². The van der Waals surface area contributed by atoms with Gasteiger partial charge >= 0.3 is 6.09 Å². The van der Waals surface area contributed by atoms with Crippen molar-refractivity contribution in [3.8, 4) is 0 Å². The van der Waals surface area contributed by atoms with Crippen LogP contribution in [-0.4, -0.2) is 30.7 Å². The standard InChI is InChI=1S/C14H29NO2/c1-10(2)9-15(8)13(16)17-12(11(3)4)14(5,6)7/h10-12H,9H2,1-8H3. The van der Waals surface area contributed by atoms with Crippen molar-refractivity contribution in [3.05, 3.63) is 0 Å². The van der Waals surface area contributed by atoms with Gasteiger partial charge in [0.15, 0.2) is 0 Å². The average Bonchev–Trinajstić information content (AvgIpc) is 2.09. The van der Waals surface area contributed by atoms with Crippen LogP contribution >= 0.6 is 0 Å². The number of hydrogen-bond donors (Lipinski definition) is 0. The summed E-state index contributed by atoms with van der Waals surface area (Å²) in [7, 11) is 1.79. The Labute approximate surface area is 107 Å². The van der Waals surface area contributed by atoms with Crippen LogP contribution in [0.15, 0.2) is 0 Å². The minimum atomic E-state index is -0.215. The van der Waals surface area contributed by atoms with E-state index >= 15 is 0 Å². The van der Waals surface area contributed by atoms with Gasteiger partial charge in [0.1, 0.15) is 6.10 Å². The van der Waals surface area contributed by atoms with Crippen LogP contribution in [0.4, 0.5) is 4.79 Å². The molecule has 1 amide bonds. The number of amides is 1. The van der Waals surface area contributed by atoms with E-state index in [1.807, 2.05) is 0 Å². The molecule has 0 N–H and O–H groups in total. The summed E-state index contributed by atoms with van der Waals surface area (Å²) < 4.78 is 5.63. The highest BCUT2D eigenvalue weighted by atomic mass is 16.6. The summed E-state index contributed by atoms with van der Waals surface area (Å²) in [4.78, 5) is 13.6. The van der Waals surface area contributed by atoms with Gasteiger partial charge in [-0.3, -0.25) is 0 Å². The quantitative estimate of drug-likeness (QED) is 0.752. The van der Waals surface area contributed by atoms with Crippen LogP contribution < -0.4 is 0 Å². The Balaban J connectivity index is 4.52. The van der Waals surface area contributed by atoms with Gasteiger partial charge in [0.2, 0.25) is 0 Å². The minimum Gasteiger partial charge on any atom is -0.445 e. The lowest BCUT2D eigenvalue weighted by Crippen LogP contribution is -2.41. The molecule has 0 aromatic heterocycles. The normalized spacial score (nSPS) is 14.0. The van der Waals surface area contributed by atoms with Crippen LogP contribution in [0.5, 0.6) is 0 Å². The first-order valence-electron chi connectivity index (χ1n) is 6.47. The molecule has 1 unspecified atom stereocenters. The van der Waals surface area contributed by atoms with Gasteiger partial charge < -0.3 is 9.64 Å². The van der Waals surface area contributed by atoms with Crippen molar-refractivity contribution >= 4 is 6.09 Å². The lowest BCUT2D eigenvalue weighted by Gasteiger charge is -2.34. The van der Waals surface area contributed by atoms with E-state index in [1.165, 1.54) is 0 Å². The SMILES string of the molecule is CC(C)CN(C)C(=O)OC(C(C)C)C(C)(C)C. The Kier molecular flexibility index (Phi) is 6.00. The van der Waals surface area contributed by atoms with E-state index in [1.54, 1.807) is 11.9 Å². The van der Waals surface area contributed by atoms with E-state index in [9.17, 15) is 4.79 Å². The molecule has 0 aliphatic rings. The number of carbonyl (C=O) groups excluding carboxylic acids is 1. The van der Waals surface area contributed by atoms with Crippen molar-refractivity contribution in [2.24, 2.45) is 17.3 Å². The molecule has 0 saturated heterocycles. The summed E-state index contributed by atoms with van der Waals surface area (Å²) in [6.45, 7) is 15.4. The monoisotopic (exact) mass is 243 g/mol. The topological polar surface area (TPSA) is 29.5 Å². The van der Waals surface area contributed by atoms with Crippen molar-refractivity contribution < 1.29 is 9.53 Å². The Morgan fingerprint density at radius 1 is 1.18 bits per heavy atom. The maximum Gasteiger partial charge on any atom is 0.409 e. The number of nitrogens with zero attached hydrogens (tertiary/aromatic N) is 1. The van der Waals surface area contributed by atoms with Crippen LogP contribution in [-0.2, 0) is 4.74 Å². The van der Waals surface area contributed by atoms with Gasteiger partial charge in [-0.05, 0) is 17.3 Å². The Bertz CT molecular complexity index is 241. The van der Waals surface area contributed by atoms with Gasteiger partial charge in [0.25, 0.3) is 0 Å². The maximum atomic E-state index is 11.9. The summed E-state index contributed by atoms with van der Waals surface area (Å²) in [5.41, 5.74) is -0.0253. The van der Waals surface area contributed by atoms with Gasteiger partial charge in [0, 0.05) is 13.6 Å². The van der Waals surface area contributed by atoms with E-state index in [0.717, 1.165) is 6.54 Å². The molecule has 0 bridgehead atoms. The third-order valence-corrected chi connectivity index (χ3v) is 2.64. The predicted molar refractivity (Wildman–Crippen MR) is 72.0 cm³/mol. The summed E-state index contributed by atoms with van der Waals surface area (Å²) in [6.07, 6.45) is -0.267. The molecule has 0 aromatic carbocycles. The molecule has 0 fully saturated rings. The van der Waals surface area contributed by atoms with Crippen LogP contribution in [0.3, 0.4) is 0 Å². The van der Waals surface area contributed by atoms with E-state index < -0.39 is 0 Å². The van der Waals surface area contributed by atoms with Crippen LogP contribution in [0.2, 0.25) is 0 Å². The molecule has 0 aliphatic heterocycles. The molecule has 0 aromatic rings. The summed E-state index contributed by atoms with van der Waals surface area (Å²) >= 11 is 0. The van der Waals surface area contributed by atoms with E-state index in [0.29, 0.717) is 11.8 Å². The summed E-state index contributed by atoms with van der Waals surface area (Å²) in [6, 6.07) is 0. The van der Waals surface area contributed by atoms with E-state index in [2.05, 4.69) is 48.5 Å². The molecule has 1 atom stereocenters. The highest BCUT2D eigenvalue weighted by Gasteiger charge is 2.31. The largest absolute Gasteiger partial charge is 0.445 e. The average molecular weight is 243 g/mol. The first-order valence-corrected chi connectivity index (χ1v) is 6.47. The Hall–Kier alpha value is -0.730. The molecule has 17 heavy (non-hydrogen) atoms. The lowest BCUT2D eigenvalue weighted by molar-refractivity contribution is -0.0135. The van der Waals surface area contributed by atoms with Crippen molar-refractivity contribution in [1.82, 2.24) is 4.90 Å². The van der Waals surface area contributed by atoms with Crippen molar-refractivity contribution in [3.63, 3.8) is 0 Å². The number of hydrogen-bond acceptors (Lipinski definition) is 2. The van der Waals surface area contributed by atoms with E-state index in [-0.39, 0.29) is 17.6 Å². The fraction of sp³-hybridized carbons (Fsp3) is 0.929. The number of rotatable bonds is 4. The lowest BCUT2D eigenvalue weighted by atomic mass is 9.82. The number of ether oxygens (including phenoxy) is 1. The molecule has 0 heterocycles. The highest BCUT2D eigenvalue weighted by Crippen LogP contribution is 2.28. The Morgan fingerprint density at radius 2 is 1.65 bits per heavy atom. The molecule has 0 saturated carbocycles. The zero-order valence-electron chi connectivity index (χ0n) is 12.7. The fourth-order valence-corrected chi connectivity index (χ4v) is 2.13. The van der Waals surface area contributed by atoms with Gasteiger partial charge in [-0.2, -0.15) is 0 Å². The second-order valence-electron chi connectivity index (χ2n) is 6.69. The van der Waals surface area contributed by atoms with Crippen molar-refractivity contribution in [2.75, 3.05) is 13.6 Å². The highest BCUT2D eigenvalue weighted by molar-refractivity contribution is 5.67. The van der Waals surface area contributed by atoms with Gasteiger partial charge in [-0.15, -0.1) is 0 Å². The first-order chi connectivity index (χ1) is 7.55. The zero-order valence-corrected chi connectivity index (χ0v) is 12.7. The summed E-state index contributed by atoms with van der Waals surface area (Å²) in [5, 5.41) is 0. The molecule has 3 nitrogen and oxygen atoms in total. The Morgan fingerprint density at radius 3 is 1.94 bits per heavy atom. The smallest absolute Gasteiger partial charge is 0.409 e. The molecule has 0 radical (unpaired) electrons. The molecule has 0 aliphatic carbocycles. The fourth-order valence-electron chi connectivity index (χ4n) is 2.13. The first kappa shape index (κ1) is 16.3. The van der Waals surface area contributed by atoms with Crippen LogP contribution in [0.1, 0.15) is 48.5 Å². The van der Waals surface area contributed by atoms with Gasteiger partial charge in [-0.25, -0.2) is 4.79 Å². The molecule has 0 rings (SSSR count). The van der Waals surface area contributed by atoms with Crippen LogP contribution in [0, 0.1) is 17.3 Å². The van der Waals surface area contributed by atoms with E-state index in [4.69, 9.17) is 4.74 Å². The zero-order chi connectivity index (χ0) is 13.8. The maximum absolute atomic E-state index is 11.9. The predicted octanol–water partition coefficient (Wildman–Crippen LogP) is 3.78. The molecular formula is C14H29NO2. The van der Waals surface area contributed by atoms with Gasteiger partial charge in [-0.1, -0.05) is 48.5 Å². The molecular weight excluding hydrogens is 214 g/mol. The molecule has 3 heteroatoms. The van der Waals surface area contributed by atoms with Crippen molar-refractivity contribution in [2.45, 2.75) is 54.6 Å². The second kappa shape index (κ2) is 6.27. The molecule has 0 spiro atoms. The second-order valence-corrected chi connectivity index (χ2v) is 6.69. The number of carbonyl (C=O) groups is 1. The minimum absolute atomic E-state index is 0.0253. The van der Waals surface area contributed by atoms with Crippen LogP contribution in [0.25, 0.3) is 0 Å². The summed E-state index contributed by atoms with van der Waals surface area (Å²) in [5.74, 6) is 0.783.